The van der Waals surface area contributed by atoms with Gasteiger partial charge in [-0.25, -0.2) is 4.98 Å². The fourth-order valence-corrected chi connectivity index (χ4v) is 6.76. The summed E-state index contributed by atoms with van der Waals surface area (Å²) < 4.78 is 7.23. The Morgan fingerprint density at radius 3 is 2.52 bits per heavy atom. The lowest BCUT2D eigenvalue weighted by Crippen LogP contribution is -2.43. The Balaban J connectivity index is 1.77. The Labute approximate surface area is 203 Å². The van der Waals surface area contributed by atoms with E-state index >= 15 is 0 Å². The van der Waals surface area contributed by atoms with E-state index in [2.05, 4.69) is 0 Å². The second-order valence-corrected chi connectivity index (χ2v) is 10.8. The highest BCUT2D eigenvalue weighted by Gasteiger charge is 2.25. The van der Waals surface area contributed by atoms with Gasteiger partial charge in [0.25, 0.3) is 5.56 Å². The minimum Gasteiger partial charge on any atom is -0.494 e. The summed E-state index contributed by atoms with van der Waals surface area (Å²) in [6, 6.07) is 7.72. The number of thiophene rings is 1. The van der Waals surface area contributed by atoms with Gasteiger partial charge in [0, 0.05) is 17.0 Å². The molecule has 8 heteroatoms. The monoisotopic (exact) mass is 485 g/mol. The number of hydrogen-bond acceptors (Lipinski definition) is 6. The van der Waals surface area contributed by atoms with Crippen molar-refractivity contribution in [1.82, 2.24) is 14.5 Å². The molecule has 4 rings (SSSR count). The van der Waals surface area contributed by atoms with Crippen molar-refractivity contribution >= 4 is 39.2 Å². The Morgan fingerprint density at radius 2 is 1.88 bits per heavy atom. The van der Waals surface area contributed by atoms with Gasteiger partial charge in [0.15, 0.2) is 5.16 Å². The minimum absolute atomic E-state index is 0.0475. The number of aromatic nitrogens is 2. The number of thioether (sulfide) groups is 1. The van der Waals surface area contributed by atoms with Gasteiger partial charge >= 0.3 is 0 Å². The first-order valence-electron chi connectivity index (χ1n) is 11.6. The van der Waals surface area contributed by atoms with Crippen molar-refractivity contribution in [2.75, 3.05) is 12.4 Å². The van der Waals surface area contributed by atoms with Crippen LogP contribution in [-0.2, 0) is 17.6 Å². The normalized spacial score (nSPS) is 13.2. The molecule has 0 fully saturated rings. The van der Waals surface area contributed by atoms with Crippen molar-refractivity contribution in [2.24, 2.45) is 0 Å². The van der Waals surface area contributed by atoms with E-state index in [1.54, 1.807) is 15.9 Å². The number of aryl methyl sites for hydroxylation is 2. The zero-order chi connectivity index (χ0) is 23.7. The molecule has 33 heavy (non-hydrogen) atoms. The number of amides is 1. The van der Waals surface area contributed by atoms with Crippen molar-refractivity contribution in [3.63, 3.8) is 0 Å². The van der Waals surface area contributed by atoms with Crippen LogP contribution >= 0.6 is 23.1 Å². The lowest BCUT2D eigenvalue weighted by Gasteiger charge is -2.30. The summed E-state index contributed by atoms with van der Waals surface area (Å²) in [7, 11) is 0. The van der Waals surface area contributed by atoms with E-state index in [9.17, 15) is 9.59 Å². The molecule has 0 bridgehead atoms. The fraction of sp³-hybridized carbons (Fsp3) is 0.480. The first kappa shape index (κ1) is 23.8. The molecule has 176 valence electrons. The van der Waals surface area contributed by atoms with Crippen molar-refractivity contribution < 1.29 is 9.53 Å². The smallest absolute Gasteiger partial charge is 0.267 e. The van der Waals surface area contributed by atoms with E-state index in [1.165, 1.54) is 16.6 Å². The van der Waals surface area contributed by atoms with Crippen LogP contribution in [0.2, 0.25) is 0 Å². The first-order chi connectivity index (χ1) is 15.8. The van der Waals surface area contributed by atoms with Gasteiger partial charge in [-0.3, -0.25) is 14.2 Å². The zero-order valence-corrected chi connectivity index (χ0v) is 21.5. The lowest BCUT2D eigenvalue weighted by atomic mass is 10.2. The number of ether oxygens (including phenoxy) is 1. The van der Waals surface area contributed by atoms with Crippen LogP contribution in [-0.4, -0.2) is 44.8 Å². The predicted molar refractivity (Wildman–Crippen MR) is 136 cm³/mol. The minimum atomic E-state index is -0.0527. The lowest BCUT2D eigenvalue weighted by molar-refractivity contribution is -0.131. The molecule has 0 aliphatic heterocycles. The number of benzene rings is 1. The number of hydrogen-bond donors (Lipinski definition) is 0. The van der Waals surface area contributed by atoms with E-state index in [-0.39, 0.29) is 29.3 Å². The Bertz CT molecular complexity index is 1200. The van der Waals surface area contributed by atoms with Crippen LogP contribution in [0, 0.1) is 0 Å². The number of carbonyl (C=O) groups is 1. The van der Waals surface area contributed by atoms with Crippen molar-refractivity contribution in [2.45, 2.75) is 71.1 Å². The van der Waals surface area contributed by atoms with E-state index in [4.69, 9.17) is 9.72 Å². The number of nitrogens with zero attached hydrogens (tertiary/aromatic N) is 3. The molecule has 0 radical (unpaired) electrons. The third kappa shape index (κ3) is 4.68. The summed E-state index contributed by atoms with van der Waals surface area (Å²) in [5.41, 5.74) is 1.84. The summed E-state index contributed by atoms with van der Waals surface area (Å²) in [6.07, 6.45) is 3.03. The molecule has 0 N–H and O–H groups in total. The van der Waals surface area contributed by atoms with E-state index < -0.39 is 0 Å². The highest BCUT2D eigenvalue weighted by molar-refractivity contribution is 7.99. The van der Waals surface area contributed by atoms with Crippen LogP contribution in [0.25, 0.3) is 15.9 Å². The molecule has 0 saturated heterocycles. The summed E-state index contributed by atoms with van der Waals surface area (Å²) in [6.45, 7) is 10.6. The van der Waals surface area contributed by atoms with E-state index in [0.29, 0.717) is 11.8 Å². The first-order valence-corrected chi connectivity index (χ1v) is 13.4. The molecule has 0 unspecified atom stereocenters. The molecule has 1 aliphatic rings. The van der Waals surface area contributed by atoms with Gasteiger partial charge in [-0.1, -0.05) is 11.8 Å². The Kier molecular flexibility index (Phi) is 7.14. The van der Waals surface area contributed by atoms with Crippen LogP contribution in [0.1, 0.15) is 51.5 Å². The molecule has 2 heterocycles. The Hall–Kier alpha value is -2.32. The van der Waals surface area contributed by atoms with Crippen LogP contribution in [0.4, 0.5) is 0 Å². The molecule has 2 aromatic heterocycles. The second-order valence-electron chi connectivity index (χ2n) is 8.78. The molecular formula is C25H31N3O3S2. The quantitative estimate of drug-likeness (QED) is 0.329. The maximum absolute atomic E-state index is 13.8. The molecule has 3 aromatic rings. The van der Waals surface area contributed by atoms with Gasteiger partial charge in [-0.2, -0.15) is 0 Å². The standard InChI is InChI=1S/C25H31N3O3S2/c1-6-31-18-12-10-17(11-13-18)28-24(30)22-19-8-7-9-20(19)33-23(22)26-25(28)32-14-21(29)27(15(2)3)16(4)5/h10-13,15-16H,6-9,14H2,1-5H3. The van der Waals surface area contributed by atoms with Gasteiger partial charge in [0.1, 0.15) is 10.6 Å². The summed E-state index contributed by atoms with van der Waals surface area (Å²) in [5, 5.41) is 1.29. The van der Waals surface area contributed by atoms with Crippen molar-refractivity contribution in [3.8, 4) is 11.4 Å². The van der Waals surface area contributed by atoms with Crippen molar-refractivity contribution in [3.05, 3.63) is 45.1 Å². The van der Waals surface area contributed by atoms with Gasteiger partial charge < -0.3 is 9.64 Å². The molecular weight excluding hydrogens is 454 g/mol. The maximum Gasteiger partial charge on any atom is 0.267 e. The van der Waals surface area contributed by atoms with Crippen LogP contribution in [0.15, 0.2) is 34.2 Å². The third-order valence-electron chi connectivity index (χ3n) is 5.84. The van der Waals surface area contributed by atoms with Crippen LogP contribution < -0.4 is 10.3 Å². The second kappa shape index (κ2) is 9.89. The third-order valence-corrected chi connectivity index (χ3v) is 7.95. The zero-order valence-electron chi connectivity index (χ0n) is 19.9. The maximum atomic E-state index is 13.8. The van der Waals surface area contributed by atoms with Gasteiger partial charge in [-0.15, -0.1) is 11.3 Å². The van der Waals surface area contributed by atoms with Crippen LogP contribution in [0.3, 0.4) is 0 Å². The Morgan fingerprint density at radius 1 is 1.18 bits per heavy atom. The van der Waals surface area contributed by atoms with E-state index in [0.717, 1.165) is 46.5 Å². The summed E-state index contributed by atoms with van der Waals surface area (Å²) in [4.78, 5) is 35.6. The average molecular weight is 486 g/mol. The highest BCUT2D eigenvalue weighted by Crippen LogP contribution is 2.36. The number of rotatable bonds is 8. The molecule has 6 nitrogen and oxygen atoms in total. The predicted octanol–water partition coefficient (Wildman–Crippen LogP) is 5.07. The van der Waals surface area contributed by atoms with Gasteiger partial charge in [-0.05, 0) is 83.7 Å². The summed E-state index contributed by atoms with van der Waals surface area (Å²) >= 11 is 2.96. The van der Waals surface area contributed by atoms with E-state index in [1.807, 2.05) is 63.8 Å². The summed E-state index contributed by atoms with van der Waals surface area (Å²) in [5.74, 6) is 1.04. The van der Waals surface area contributed by atoms with Crippen LogP contribution in [0.5, 0.6) is 5.75 Å². The highest BCUT2D eigenvalue weighted by atomic mass is 32.2. The van der Waals surface area contributed by atoms with Gasteiger partial charge in [0.2, 0.25) is 5.91 Å². The average Bonchev–Trinajstić information content (AvgIpc) is 3.34. The molecule has 1 amide bonds. The van der Waals surface area contributed by atoms with Crippen molar-refractivity contribution in [1.29, 1.82) is 0 Å². The molecule has 0 atom stereocenters. The SMILES string of the molecule is CCOc1ccc(-n2c(SCC(=O)N(C(C)C)C(C)C)nc3sc4c(c3c2=O)CCC4)cc1. The number of carbonyl (C=O) groups excluding carboxylic acids is 1. The molecule has 1 aromatic carbocycles. The largest absolute Gasteiger partial charge is 0.494 e. The van der Waals surface area contributed by atoms with Gasteiger partial charge in [0.05, 0.1) is 23.4 Å². The topological polar surface area (TPSA) is 64.4 Å². The fourth-order valence-electron chi connectivity index (χ4n) is 4.58. The number of fused-ring (bicyclic) bond motifs is 3. The molecule has 0 saturated carbocycles. The molecule has 1 aliphatic carbocycles. The molecule has 0 spiro atoms.